The van der Waals surface area contributed by atoms with Crippen molar-refractivity contribution < 1.29 is 0 Å². The Balaban J connectivity index is 2.02. The molecule has 20 heavy (non-hydrogen) atoms. The van der Waals surface area contributed by atoms with E-state index in [1.807, 2.05) is 41.1 Å². The number of hydrogen-bond acceptors (Lipinski definition) is 1. The van der Waals surface area contributed by atoms with Crippen molar-refractivity contribution in [3.63, 3.8) is 0 Å². The Labute approximate surface area is 131 Å². The van der Waals surface area contributed by atoms with Crippen LogP contribution in [-0.2, 0) is 3.79 Å². The number of aryl methyl sites for hydroxylation is 1. The number of nitrogens with zero attached hydrogens (tertiary/aromatic N) is 2. The summed E-state index contributed by atoms with van der Waals surface area (Å²) in [6, 6.07) is 11.5. The van der Waals surface area contributed by atoms with E-state index in [2.05, 4.69) is 11.9 Å². The first kappa shape index (κ1) is 13.7. The monoisotopic (exact) mass is 324 g/mol. The number of halogens is 3. The molecule has 3 aromatic rings. The topological polar surface area (TPSA) is 17.3 Å². The molecule has 3 rings (SSSR count). The first-order chi connectivity index (χ1) is 9.43. The number of pyridine rings is 1. The summed E-state index contributed by atoms with van der Waals surface area (Å²) in [6.07, 6.45) is 4.04. The van der Waals surface area contributed by atoms with Crippen molar-refractivity contribution in [1.29, 1.82) is 0 Å². The van der Waals surface area contributed by atoms with E-state index in [0.717, 1.165) is 16.9 Å². The van der Waals surface area contributed by atoms with Gasteiger partial charge in [0.05, 0.1) is 5.69 Å². The number of fused-ring (bicyclic) bond motifs is 1. The largest absolute Gasteiger partial charge is 0.306 e. The fourth-order valence-electron chi connectivity index (χ4n) is 2.07. The van der Waals surface area contributed by atoms with Crippen LogP contribution in [0.2, 0.25) is 0 Å². The molecule has 0 saturated heterocycles. The molecule has 0 fully saturated rings. The second-order valence-corrected chi connectivity index (χ2v) is 6.95. The molecule has 0 amide bonds. The molecule has 0 aliphatic rings. The lowest BCUT2D eigenvalue weighted by Crippen LogP contribution is -1.98. The van der Waals surface area contributed by atoms with Gasteiger partial charge in [0.15, 0.2) is 0 Å². The maximum absolute atomic E-state index is 5.85. The maximum atomic E-state index is 5.85. The van der Waals surface area contributed by atoms with Crippen LogP contribution in [0.4, 0.5) is 0 Å². The minimum Gasteiger partial charge on any atom is -0.306 e. The van der Waals surface area contributed by atoms with Crippen molar-refractivity contribution in [1.82, 2.24) is 9.38 Å². The van der Waals surface area contributed by atoms with Crippen LogP contribution < -0.4 is 0 Å². The predicted molar refractivity (Wildman–Crippen MR) is 84.6 cm³/mol. The molecule has 2 nitrogen and oxygen atoms in total. The van der Waals surface area contributed by atoms with E-state index in [0.29, 0.717) is 5.56 Å². The Bertz CT molecular complexity index is 755. The molecule has 0 spiro atoms. The van der Waals surface area contributed by atoms with Gasteiger partial charge in [0, 0.05) is 23.5 Å². The standard InChI is InChI=1S/C15H11Cl3N2/c1-10-2-7-14-19-13(9-20(14)8-10)11-3-5-12(6-4-11)15(16,17)18/h2-9H,1H3. The van der Waals surface area contributed by atoms with Gasteiger partial charge in [0.25, 0.3) is 0 Å². The zero-order chi connectivity index (χ0) is 14.3. The third kappa shape index (κ3) is 2.64. The van der Waals surface area contributed by atoms with E-state index in [4.69, 9.17) is 34.8 Å². The Morgan fingerprint density at radius 3 is 2.30 bits per heavy atom. The summed E-state index contributed by atoms with van der Waals surface area (Å²) in [5.74, 6) is 0. The quantitative estimate of drug-likeness (QED) is 0.566. The summed E-state index contributed by atoms with van der Waals surface area (Å²) >= 11 is 17.5. The lowest BCUT2D eigenvalue weighted by Gasteiger charge is -2.10. The Morgan fingerprint density at radius 1 is 0.950 bits per heavy atom. The number of hydrogen-bond donors (Lipinski definition) is 0. The molecule has 5 heteroatoms. The van der Waals surface area contributed by atoms with Crippen LogP contribution in [0.25, 0.3) is 16.9 Å². The summed E-state index contributed by atoms with van der Waals surface area (Å²) < 4.78 is 0.613. The molecule has 0 unspecified atom stereocenters. The van der Waals surface area contributed by atoms with Gasteiger partial charge in [-0.05, 0) is 18.6 Å². The van der Waals surface area contributed by atoms with Crippen LogP contribution in [0.1, 0.15) is 11.1 Å². The van der Waals surface area contributed by atoms with E-state index in [1.165, 1.54) is 5.56 Å². The fraction of sp³-hybridized carbons (Fsp3) is 0.133. The number of alkyl halides is 3. The molecular weight excluding hydrogens is 315 g/mol. The maximum Gasteiger partial charge on any atom is 0.216 e. The van der Waals surface area contributed by atoms with Gasteiger partial charge in [0.1, 0.15) is 5.65 Å². The van der Waals surface area contributed by atoms with Crippen molar-refractivity contribution in [3.8, 4) is 11.3 Å². The van der Waals surface area contributed by atoms with E-state index in [-0.39, 0.29) is 0 Å². The zero-order valence-electron chi connectivity index (χ0n) is 10.6. The third-order valence-corrected chi connectivity index (χ3v) is 3.76. The summed E-state index contributed by atoms with van der Waals surface area (Å²) in [4.78, 5) is 4.58. The van der Waals surface area contributed by atoms with Crippen LogP contribution in [0.3, 0.4) is 0 Å². The molecule has 102 valence electrons. The fourth-order valence-corrected chi connectivity index (χ4v) is 2.45. The van der Waals surface area contributed by atoms with Crippen molar-refractivity contribution >= 4 is 40.4 Å². The van der Waals surface area contributed by atoms with Gasteiger partial charge in [-0.15, -0.1) is 0 Å². The molecule has 0 saturated carbocycles. The molecule has 1 aromatic carbocycles. The van der Waals surface area contributed by atoms with Gasteiger partial charge in [-0.3, -0.25) is 0 Å². The molecule has 2 heterocycles. The Kier molecular flexibility index (Phi) is 3.41. The predicted octanol–water partition coefficient (Wildman–Crippen LogP) is 5.14. The number of rotatable bonds is 1. The van der Waals surface area contributed by atoms with Gasteiger partial charge < -0.3 is 4.40 Å². The molecule has 2 aromatic heterocycles. The smallest absolute Gasteiger partial charge is 0.216 e. The summed E-state index contributed by atoms with van der Waals surface area (Å²) in [5.41, 5.74) is 4.63. The molecule has 0 aliphatic heterocycles. The normalized spacial score (nSPS) is 12.0. The van der Waals surface area contributed by atoms with E-state index in [9.17, 15) is 0 Å². The van der Waals surface area contributed by atoms with E-state index >= 15 is 0 Å². The highest BCUT2D eigenvalue weighted by Gasteiger charge is 2.22. The van der Waals surface area contributed by atoms with Crippen molar-refractivity contribution in [2.24, 2.45) is 0 Å². The van der Waals surface area contributed by atoms with Gasteiger partial charge >= 0.3 is 0 Å². The highest BCUT2D eigenvalue weighted by atomic mass is 35.6. The van der Waals surface area contributed by atoms with Crippen LogP contribution in [0, 0.1) is 6.92 Å². The molecular formula is C15H11Cl3N2. The molecule has 0 aliphatic carbocycles. The second-order valence-electron chi connectivity index (χ2n) is 4.67. The minimum atomic E-state index is -1.39. The van der Waals surface area contributed by atoms with Gasteiger partial charge in [-0.2, -0.15) is 0 Å². The van der Waals surface area contributed by atoms with Crippen LogP contribution >= 0.6 is 34.8 Å². The second kappa shape index (κ2) is 4.96. The number of imidazole rings is 1. The SMILES string of the molecule is Cc1ccc2nc(-c3ccc(C(Cl)(Cl)Cl)cc3)cn2c1. The van der Waals surface area contributed by atoms with Crippen LogP contribution in [0.15, 0.2) is 48.8 Å². The molecule has 0 bridgehead atoms. The number of aromatic nitrogens is 2. The first-order valence-corrected chi connectivity index (χ1v) is 7.20. The zero-order valence-corrected chi connectivity index (χ0v) is 12.9. The lowest BCUT2D eigenvalue weighted by atomic mass is 10.1. The Morgan fingerprint density at radius 2 is 1.65 bits per heavy atom. The van der Waals surface area contributed by atoms with Crippen molar-refractivity contribution in [2.45, 2.75) is 10.7 Å². The average Bonchev–Trinajstić information content (AvgIpc) is 2.80. The summed E-state index contributed by atoms with van der Waals surface area (Å²) in [7, 11) is 0. The van der Waals surface area contributed by atoms with Crippen LogP contribution in [0.5, 0.6) is 0 Å². The highest BCUT2D eigenvalue weighted by Crippen LogP contribution is 2.38. The van der Waals surface area contributed by atoms with Crippen molar-refractivity contribution in [2.75, 3.05) is 0 Å². The van der Waals surface area contributed by atoms with Gasteiger partial charge in [-0.25, -0.2) is 4.98 Å². The minimum absolute atomic E-state index is 0.644. The Hall–Kier alpha value is -1.22. The summed E-state index contributed by atoms with van der Waals surface area (Å²) in [5, 5.41) is 0. The molecule has 0 atom stereocenters. The number of benzene rings is 1. The molecule has 0 radical (unpaired) electrons. The van der Waals surface area contributed by atoms with Gasteiger partial charge in [0.2, 0.25) is 3.79 Å². The lowest BCUT2D eigenvalue weighted by molar-refractivity contribution is 1.16. The first-order valence-electron chi connectivity index (χ1n) is 6.06. The van der Waals surface area contributed by atoms with E-state index in [1.54, 1.807) is 12.1 Å². The molecule has 0 N–H and O–H groups in total. The van der Waals surface area contributed by atoms with E-state index < -0.39 is 3.79 Å². The third-order valence-electron chi connectivity index (χ3n) is 3.11. The highest BCUT2D eigenvalue weighted by molar-refractivity contribution is 6.66. The summed E-state index contributed by atoms with van der Waals surface area (Å²) in [6.45, 7) is 2.05. The average molecular weight is 326 g/mol. The van der Waals surface area contributed by atoms with Crippen molar-refractivity contribution in [3.05, 3.63) is 59.9 Å². The van der Waals surface area contributed by atoms with Gasteiger partial charge in [-0.1, -0.05) is 65.1 Å². The van der Waals surface area contributed by atoms with Crippen LogP contribution in [-0.4, -0.2) is 9.38 Å².